The molecule has 7 heteroatoms. The number of carbonyl (C=O) groups is 2. The van der Waals surface area contributed by atoms with Crippen molar-refractivity contribution in [1.82, 2.24) is 10.6 Å². The Balaban J connectivity index is 2.21. The topological polar surface area (TPSA) is 96.9 Å². The molecule has 7 nitrogen and oxygen atoms in total. The SMILES string of the molecule is CCNC(=O)OOC(=O)[C@@H]1C[C@H](O)CN1. The van der Waals surface area contributed by atoms with Crippen LogP contribution < -0.4 is 10.6 Å². The van der Waals surface area contributed by atoms with E-state index in [1.807, 2.05) is 0 Å². The van der Waals surface area contributed by atoms with Gasteiger partial charge in [-0.05, 0) is 6.92 Å². The lowest BCUT2D eigenvalue weighted by atomic mass is 10.2. The largest absolute Gasteiger partial charge is 0.450 e. The molecule has 1 rings (SSSR count). The number of aliphatic hydroxyl groups is 1. The van der Waals surface area contributed by atoms with Gasteiger partial charge in [0.25, 0.3) is 0 Å². The van der Waals surface area contributed by atoms with E-state index >= 15 is 0 Å². The third-order valence-electron chi connectivity index (χ3n) is 1.91. The molecule has 2 atom stereocenters. The van der Waals surface area contributed by atoms with Crippen molar-refractivity contribution in [1.29, 1.82) is 0 Å². The average molecular weight is 218 g/mol. The van der Waals surface area contributed by atoms with Crippen LogP contribution in [0.4, 0.5) is 4.79 Å². The van der Waals surface area contributed by atoms with Crippen molar-refractivity contribution >= 4 is 12.1 Å². The molecule has 1 aliphatic rings. The van der Waals surface area contributed by atoms with Crippen LogP contribution in [0.5, 0.6) is 0 Å². The Hall–Kier alpha value is -1.34. The molecule has 1 amide bonds. The fourth-order valence-electron chi connectivity index (χ4n) is 1.21. The molecule has 1 fully saturated rings. The van der Waals surface area contributed by atoms with Crippen LogP contribution in [0.1, 0.15) is 13.3 Å². The van der Waals surface area contributed by atoms with Gasteiger partial charge in [-0.3, -0.25) is 0 Å². The summed E-state index contributed by atoms with van der Waals surface area (Å²) in [5, 5.41) is 14.1. The van der Waals surface area contributed by atoms with E-state index in [-0.39, 0.29) is 6.42 Å². The highest BCUT2D eigenvalue weighted by atomic mass is 17.2. The van der Waals surface area contributed by atoms with Crippen molar-refractivity contribution < 1.29 is 24.5 Å². The molecule has 0 bridgehead atoms. The number of nitrogens with one attached hydrogen (secondary N) is 2. The number of β-amino-alcohol motifs (C(OH)–C–C–N with tert-alkyl or cyclic N) is 1. The second-order valence-electron chi connectivity index (χ2n) is 3.15. The molecule has 15 heavy (non-hydrogen) atoms. The maximum Gasteiger partial charge on any atom is 0.450 e. The van der Waals surface area contributed by atoms with E-state index in [0.29, 0.717) is 13.1 Å². The van der Waals surface area contributed by atoms with Crippen LogP contribution in [-0.4, -0.2) is 42.4 Å². The summed E-state index contributed by atoms with van der Waals surface area (Å²) in [5.41, 5.74) is 0. The second kappa shape index (κ2) is 5.52. The van der Waals surface area contributed by atoms with E-state index < -0.39 is 24.2 Å². The van der Waals surface area contributed by atoms with E-state index in [4.69, 9.17) is 5.11 Å². The highest BCUT2D eigenvalue weighted by Crippen LogP contribution is 2.07. The molecule has 0 saturated carbocycles. The molecule has 0 aliphatic carbocycles. The highest BCUT2D eigenvalue weighted by Gasteiger charge is 2.30. The standard InChI is InChI=1S/C8H14N2O5/c1-2-9-8(13)15-14-7(12)6-3-5(11)4-10-6/h5-6,10-11H,2-4H2,1H3,(H,9,13)/t5-,6-/m0/s1. The van der Waals surface area contributed by atoms with Crippen LogP contribution in [0.15, 0.2) is 0 Å². The minimum atomic E-state index is -0.815. The van der Waals surface area contributed by atoms with Gasteiger partial charge in [-0.15, -0.1) is 0 Å². The Bertz CT molecular complexity index is 245. The van der Waals surface area contributed by atoms with Crippen molar-refractivity contribution in [3.05, 3.63) is 0 Å². The molecule has 0 spiro atoms. The lowest BCUT2D eigenvalue weighted by Gasteiger charge is -2.07. The Morgan fingerprint density at radius 1 is 1.53 bits per heavy atom. The quantitative estimate of drug-likeness (QED) is 0.402. The van der Waals surface area contributed by atoms with Crippen LogP contribution in [0.2, 0.25) is 0 Å². The third kappa shape index (κ3) is 3.72. The lowest BCUT2D eigenvalue weighted by molar-refractivity contribution is -0.234. The normalized spacial score (nSPS) is 24.7. The van der Waals surface area contributed by atoms with E-state index in [1.165, 1.54) is 0 Å². The maximum atomic E-state index is 11.2. The van der Waals surface area contributed by atoms with Gasteiger partial charge in [-0.25, -0.2) is 19.4 Å². The summed E-state index contributed by atoms with van der Waals surface area (Å²) in [6.07, 6.45) is -1.12. The summed E-state index contributed by atoms with van der Waals surface area (Å²) in [4.78, 5) is 30.4. The number of rotatable bonds is 2. The molecule has 1 heterocycles. The number of hydrogen-bond donors (Lipinski definition) is 3. The molecule has 1 aliphatic heterocycles. The predicted octanol–water partition coefficient (Wildman–Crippen LogP) is -1.09. The summed E-state index contributed by atoms with van der Waals surface area (Å²) in [7, 11) is 0. The number of amides is 1. The third-order valence-corrected chi connectivity index (χ3v) is 1.91. The first-order valence-electron chi connectivity index (χ1n) is 4.71. The number of hydrogen-bond acceptors (Lipinski definition) is 6. The molecule has 3 N–H and O–H groups in total. The van der Waals surface area contributed by atoms with Gasteiger partial charge < -0.3 is 15.7 Å². The first-order valence-corrected chi connectivity index (χ1v) is 4.71. The average Bonchev–Trinajstić information content (AvgIpc) is 2.62. The highest BCUT2D eigenvalue weighted by molar-refractivity contribution is 5.77. The molecule has 0 aromatic carbocycles. The van der Waals surface area contributed by atoms with Crippen LogP contribution in [0.3, 0.4) is 0 Å². The molecule has 86 valence electrons. The van der Waals surface area contributed by atoms with Gasteiger partial charge in [0.1, 0.15) is 6.04 Å². The van der Waals surface area contributed by atoms with Crippen molar-refractivity contribution in [3.8, 4) is 0 Å². The van der Waals surface area contributed by atoms with Crippen molar-refractivity contribution in [2.45, 2.75) is 25.5 Å². The Kier molecular flexibility index (Phi) is 4.32. The maximum absolute atomic E-state index is 11.2. The van der Waals surface area contributed by atoms with E-state index in [2.05, 4.69) is 20.4 Å². The molecular formula is C8H14N2O5. The minimum Gasteiger partial charge on any atom is -0.392 e. The Morgan fingerprint density at radius 3 is 2.80 bits per heavy atom. The fourth-order valence-corrected chi connectivity index (χ4v) is 1.21. The van der Waals surface area contributed by atoms with Gasteiger partial charge in [0.15, 0.2) is 0 Å². The zero-order chi connectivity index (χ0) is 11.3. The number of carbonyl (C=O) groups excluding carboxylic acids is 2. The van der Waals surface area contributed by atoms with Crippen molar-refractivity contribution in [2.24, 2.45) is 0 Å². The van der Waals surface area contributed by atoms with Crippen LogP contribution in [0.25, 0.3) is 0 Å². The lowest BCUT2D eigenvalue weighted by Crippen LogP contribution is -2.34. The second-order valence-corrected chi connectivity index (χ2v) is 3.15. The molecule has 0 aromatic heterocycles. The summed E-state index contributed by atoms with van der Waals surface area (Å²) in [6, 6.07) is -0.616. The Morgan fingerprint density at radius 2 is 2.27 bits per heavy atom. The van der Waals surface area contributed by atoms with Crippen LogP contribution in [0, 0.1) is 0 Å². The molecule has 0 aromatic rings. The van der Waals surface area contributed by atoms with Gasteiger partial charge >= 0.3 is 12.1 Å². The van der Waals surface area contributed by atoms with Gasteiger partial charge in [-0.1, -0.05) is 0 Å². The summed E-state index contributed by atoms with van der Waals surface area (Å²) >= 11 is 0. The van der Waals surface area contributed by atoms with Crippen molar-refractivity contribution in [3.63, 3.8) is 0 Å². The van der Waals surface area contributed by atoms with Gasteiger partial charge in [0, 0.05) is 19.5 Å². The molecule has 0 unspecified atom stereocenters. The van der Waals surface area contributed by atoms with E-state index in [1.54, 1.807) is 6.92 Å². The van der Waals surface area contributed by atoms with Crippen molar-refractivity contribution in [2.75, 3.05) is 13.1 Å². The Labute approximate surface area is 86.7 Å². The predicted molar refractivity (Wildman–Crippen MR) is 48.7 cm³/mol. The zero-order valence-corrected chi connectivity index (χ0v) is 8.36. The van der Waals surface area contributed by atoms with Gasteiger partial charge in [-0.2, -0.15) is 0 Å². The first-order chi connectivity index (χ1) is 7.13. The van der Waals surface area contributed by atoms with Gasteiger partial charge in [0.05, 0.1) is 6.10 Å². The smallest absolute Gasteiger partial charge is 0.392 e. The van der Waals surface area contributed by atoms with E-state index in [9.17, 15) is 9.59 Å². The molecule has 0 radical (unpaired) electrons. The molecular weight excluding hydrogens is 204 g/mol. The monoisotopic (exact) mass is 218 g/mol. The van der Waals surface area contributed by atoms with Crippen LogP contribution >= 0.6 is 0 Å². The zero-order valence-electron chi connectivity index (χ0n) is 8.36. The summed E-state index contributed by atoms with van der Waals surface area (Å²) < 4.78 is 0. The summed E-state index contributed by atoms with van der Waals surface area (Å²) in [6.45, 7) is 2.43. The molecule has 1 saturated heterocycles. The fraction of sp³-hybridized carbons (Fsp3) is 0.750. The summed E-state index contributed by atoms with van der Waals surface area (Å²) in [5.74, 6) is -0.710. The minimum absolute atomic E-state index is 0.261. The van der Waals surface area contributed by atoms with E-state index in [0.717, 1.165) is 0 Å². The number of aliphatic hydroxyl groups excluding tert-OH is 1. The first kappa shape index (κ1) is 11.7. The van der Waals surface area contributed by atoms with Gasteiger partial charge in [0.2, 0.25) is 0 Å². The van der Waals surface area contributed by atoms with Crippen LogP contribution in [-0.2, 0) is 14.6 Å².